The van der Waals surface area contributed by atoms with Gasteiger partial charge in [0.25, 0.3) is 5.91 Å². The molecule has 6 rings (SSSR count). The molecule has 3 heterocycles. The van der Waals surface area contributed by atoms with E-state index in [-0.39, 0.29) is 36.3 Å². The number of imide groups is 1. The topological polar surface area (TPSA) is 87.7 Å². The molecule has 7 nitrogen and oxygen atoms in total. The first kappa shape index (κ1) is 21.4. The second-order valence-electron chi connectivity index (χ2n) is 9.87. The summed E-state index contributed by atoms with van der Waals surface area (Å²) in [5.41, 5.74) is 3.82. The van der Waals surface area contributed by atoms with Gasteiger partial charge in [-0.1, -0.05) is 30.3 Å². The van der Waals surface area contributed by atoms with E-state index in [1.807, 2.05) is 18.2 Å². The molecule has 7 heteroatoms. The highest BCUT2D eigenvalue weighted by atomic mass is 16.5. The van der Waals surface area contributed by atoms with Crippen molar-refractivity contribution in [2.45, 2.75) is 69.2 Å². The van der Waals surface area contributed by atoms with E-state index in [4.69, 9.17) is 4.74 Å². The maximum absolute atomic E-state index is 13.4. The molecule has 0 radical (unpaired) electrons. The van der Waals surface area contributed by atoms with E-state index < -0.39 is 6.04 Å². The summed E-state index contributed by atoms with van der Waals surface area (Å²) < 4.78 is 6.53. The summed E-state index contributed by atoms with van der Waals surface area (Å²) in [4.78, 5) is 39.1. The lowest BCUT2D eigenvalue weighted by Gasteiger charge is -2.40. The molecule has 34 heavy (non-hydrogen) atoms. The molecule has 2 aromatic rings. The molecule has 3 aliphatic heterocycles. The van der Waals surface area contributed by atoms with Crippen LogP contribution in [0.1, 0.15) is 77.5 Å². The monoisotopic (exact) mass is 459 g/mol. The number of piperidine rings is 1. The third-order valence-corrected chi connectivity index (χ3v) is 7.77. The molecule has 1 saturated carbocycles. The van der Waals surface area contributed by atoms with Crippen molar-refractivity contribution in [3.05, 3.63) is 64.7 Å². The molecule has 0 aromatic heterocycles. The number of benzene rings is 2. The largest absolute Gasteiger partial charge is 0.490 e. The van der Waals surface area contributed by atoms with E-state index in [1.165, 1.54) is 18.4 Å². The molecule has 2 N–H and O–H groups in total. The standard InChI is InChI=1S/C27H29N3O4/c31-24-11-10-22(26(32)29-24)30-15-17-12-23(34-18-8-4-5-9-18)20(13-19(17)27(30)33)25-21(14-28-25)16-6-2-1-3-7-16/h1-3,6-7,12-13,18,21-22,25,28H,4-5,8-11,14-15H2,(H,29,31,32). The van der Waals surface area contributed by atoms with Gasteiger partial charge < -0.3 is 15.0 Å². The van der Waals surface area contributed by atoms with E-state index >= 15 is 0 Å². The summed E-state index contributed by atoms with van der Waals surface area (Å²) in [5.74, 6) is 0.358. The number of rotatable bonds is 5. The smallest absolute Gasteiger partial charge is 0.255 e. The fraction of sp³-hybridized carbons (Fsp3) is 0.444. The molecule has 3 unspecified atom stereocenters. The average Bonchev–Trinajstić information content (AvgIpc) is 3.42. The van der Waals surface area contributed by atoms with Gasteiger partial charge in [-0.3, -0.25) is 19.7 Å². The van der Waals surface area contributed by atoms with E-state index in [1.54, 1.807) is 4.90 Å². The Hall–Kier alpha value is -3.19. The van der Waals surface area contributed by atoms with Crippen LogP contribution in [0.25, 0.3) is 0 Å². The zero-order chi connectivity index (χ0) is 23.2. The molecule has 3 fully saturated rings. The molecule has 3 atom stereocenters. The van der Waals surface area contributed by atoms with Crippen molar-refractivity contribution in [3.8, 4) is 5.75 Å². The maximum atomic E-state index is 13.4. The SMILES string of the molecule is O=C1CCC(N2Cc3cc(OC4CCCC4)c(C4NCC4c4ccccc4)cc3C2=O)C(=O)N1. The molecular formula is C27H29N3O4. The highest BCUT2D eigenvalue weighted by molar-refractivity contribution is 6.05. The Morgan fingerprint density at radius 3 is 2.47 bits per heavy atom. The van der Waals surface area contributed by atoms with Gasteiger partial charge in [-0.25, -0.2) is 0 Å². The van der Waals surface area contributed by atoms with Gasteiger partial charge in [-0.05, 0) is 55.4 Å². The van der Waals surface area contributed by atoms with Crippen LogP contribution in [0.5, 0.6) is 5.75 Å². The number of hydrogen-bond acceptors (Lipinski definition) is 5. The number of carbonyl (C=O) groups excluding carboxylic acids is 3. The Morgan fingerprint density at radius 2 is 1.76 bits per heavy atom. The van der Waals surface area contributed by atoms with Gasteiger partial charge in [0.2, 0.25) is 11.8 Å². The van der Waals surface area contributed by atoms with Crippen molar-refractivity contribution in [1.29, 1.82) is 0 Å². The summed E-state index contributed by atoms with van der Waals surface area (Å²) in [6.07, 6.45) is 5.29. The molecule has 0 bridgehead atoms. The van der Waals surface area contributed by atoms with Crippen LogP contribution < -0.4 is 15.4 Å². The fourth-order valence-corrected chi connectivity index (χ4v) is 5.83. The highest BCUT2D eigenvalue weighted by Crippen LogP contribution is 2.44. The van der Waals surface area contributed by atoms with Crippen molar-refractivity contribution in [3.63, 3.8) is 0 Å². The first-order valence-corrected chi connectivity index (χ1v) is 12.3. The number of nitrogens with one attached hydrogen (secondary N) is 2. The zero-order valence-corrected chi connectivity index (χ0v) is 19.1. The number of ether oxygens (including phenoxy) is 1. The molecule has 2 aromatic carbocycles. The summed E-state index contributed by atoms with van der Waals surface area (Å²) in [5, 5.41) is 5.94. The van der Waals surface area contributed by atoms with Crippen LogP contribution >= 0.6 is 0 Å². The predicted molar refractivity (Wildman–Crippen MR) is 125 cm³/mol. The summed E-state index contributed by atoms with van der Waals surface area (Å²) in [6.45, 7) is 1.24. The van der Waals surface area contributed by atoms with E-state index in [0.717, 1.165) is 36.3 Å². The van der Waals surface area contributed by atoms with Gasteiger partial charge in [-0.15, -0.1) is 0 Å². The van der Waals surface area contributed by atoms with Crippen molar-refractivity contribution in [1.82, 2.24) is 15.5 Å². The minimum atomic E-state index is -0.612. The Labute approximate surface area is 198 Å². The second kappa shape index (κ2) is 8.55. The lowest BCUT2D eigenvalue weighted by molar-refractivity contribution is -0.136. The predicted octanol–water partition coefficient (Wildman–Crippen LogP) is 3.20. The van der Waals surface area contributed by atoms with Crippen LogP contribution in [0.3, 0.4) is 0 Å². The summed E-state index contributed by atoms with van der Waals surface area (Å²) >= 11 is 0. The minimum Gasteiger partial charge on any atom is -0.490 e. The van der Waals surface area contributed by atoms with Gasteiger partial charge in [-0.2, -0.15) is 0 Å². The first-order chi connectivity index (χ1) is 16.6. The van der Waals surface area contributed by atoms with Crippen molar-refractivity contribution in [2.75, 3.05) is 6.54 Å². The third kappa shape index (κ3) is 3.68. The molecule has 1 aliphatic carbocycles. The lowest BCUT2D eigenvalue weighted by atomic mass is 9.80. The number of fused-ring (bicyclic) bond motifs is 1. The van der Waals surface area contributed by atoms with Crippen molar-refractivity contribution in [2.24, 2.45) is 0 Å². The van der Waals surface area contributed by atoms with Crippen LogP contribution in [-0.4, -0.2) is 41.3 Å². The van der Waals surface area contributed by atoms with Gasteiger partial charge in [0.15, 0.2) is 0 Å². The Balaban J connectivity index is 1.34. The van der Waals surface area contributed by atoms with E-state index in [2.05, 4.69) is 34.9 Å². The Kier molecular flexibility index (Phi) is 5.37. The number of hydrogen-bond donors (Lipinski definition) is 2. The molecule has 0 spiro atoms. The number of amides is 3. The van der Waals surface area contributed by atoms with Gasteiger partial charge in [0.05, 0.1) is 6.10 Å². The zero-order valence-electron chi connectivity index (χ0n) is 19.1. The Bertz CT molecular complexity index is 1140. The van der Waals surface area contributed by atoms with E-state index in [9.17, 15) is 14.4 Å². The van der Waals surface area contributed by atoms with Crippen molar-refractivity contribution < 1.29 is 19.1 Å². The van der Waals surface area contributed by atoms with Crippen LogP contribution in [0.15, 0.2) is 42.5 Å². The molecular weight excluding hydrogens is 430 g/mol. The quantitative estimate of drug-likeness (QED) is 0.671. The first-order valence-electron chi connectivity index (χ1n) is 12.3. The van der Waals surface area contributed by atoms with Crippen molar-refractivity contribution >= 4 is 17.7 Å². The Morgan fingerprint density at radius 1 is 0.971 bits per heavy atom. The van der Waals surface area contributed by atoms with Gasteiger partial charge in [0, 0.05) is 42.6 Å². The van der Waals surface area contributed by atoms with Crippen LogP contribution in [0.2, 0.25) is 0 Å². The normalized spacial score (nSPS) is 26.9. The molecule has 176 valence electrons. The molecule has 2 saturated heterocycles. The minimum absolute atomic E-state index is 0.0709. The maximum Gasteiger partial charge on any atom is 0.255 e. The lowest BCUT2D eigenvalue weighted by Crippen LogP contribution is -2.52. The highest BCUT2D eigenvalue weighted by Gasteiger charge is 2.42. The second-order valence-corrected chi connectivity index (χ2v) is 9.87. The van der Waals surface area contributed by atoms with Crippen LogP contribution in [0.4, 0.5) is 0 Å². The van der Waals surface area contributed by atoms with Crippen LogP contribution in [0, 0.1) is 0 Å². The summed E-state index contributed by atoms with van der Waals surface area (Å²) in [6, 6.07) is 13.9. The third-order valence-electron chi connectivity index (χ3n) is 7.77. The molecule has 4 aliphatic rings. The average molecular weight is 460 g/mol. The summed E-state index contributed by atoms with van der Waals surface area (Å²) in [7, 11) is 0. The molecule has 3 amide bonds. The number of carbonyl (C=O) groups is 3. The van der Waals surface area contributed by atoms with Gasteiger partial charge >= 0.3 is 0 Å². The van der Waals surface area contributed by atoms with Gasteiger partial charge in [0.1, 0.15) is 11.8 Å². The number of nitrogens with zero attached hydrogens (tertiary/aromatic N) is 1. The van der Waals surface area contributed by atoms with E-state index in [0.29, 0.717) is 24.4 Å². The van der Waals surface area contributed by atoms with Crippen LogP contribution in [-0.2, 0) is 16.1 Å². The fourth-order valence-electron chi connectivity index (χ4n) is 5.83.